The molecule has 2 nitrogen and oxygen atoms in total. The molecular weight excluding hydrogens is 356 g/mol. The summed E-state index contributed by atoms with van der Waals surface area (Å²) in [5, 5.41) is 20.8. The Hall–Kier alpha value is -1.28. The molecule has 1 aromatic carbocycles. The van der Waals surface area contributed by atoms with E-state index in [2.05, 4.69) is 40.7 Å². The van der Waals surface area contributed by atoms with E-state index >= 15 is 0 Å². The maximum absolute atomic E-state index is 10.9. The van der Waals surface area contributed by atoms with Crippen LogP contribution in [0.4, 0.5) is 0 Å². The van der Waals surface area contributed by atoms with Crippen molar-refractivity contribution < 1.29 is 10.2 Å². The van der Waals surface area contributed by atoms with E-state index in [-0.39, 0.29) is 6.10 Å². The van der Waals surface area contributed by atoms with Crippen LogP contribution >= 0.6 is 0 Å². The third-order valence-corrected chi connectivity index (χ3v) is 8.41. The quantitative estimate of drug-likeness (QED) is 0.495. The van der Waals surface area contributed by atoms with Crippen molar-refractivity contribution >= 4 is 0 Å². The predicted molar refractivity (Wildman–Crippen MR) is 122 cm³/mol. The monoisotopic (exact) mass is 398 g/mol. The first-order chi connectivity index (χ1) is 13.7. The van der Waals surface area contributed by atoms with Gasteiger partial charge in [-0.15, -0.1) is 0 Å². The molecule has 1 aromatic rings. The summed E-state index contributed by atoms with van der Waals surface area (Å²) in [6, 6.07) is 5.68. The molecule has 162 valence electrons. The fourth-order valence-electron chi connectivity index (χ4n) is 6.72. The summed E-state index contributed by atoms with van der Waals surface area (Å²) in [7, 11) is 0. The Labute approximate surface area is 178 Å². The van der Waals surface area contributed by atoms with E-state index in [1.807, 2.05) is 12.1 Å². The highest BCUT2D eigenvalue weighted by atomic mass is 16.3. The van der Waals surface area contributed by atoms with Crippen LogP contribution in [0, 0.1) is 36.0 Å². The smallest absolute Gasteiger partial charge is 0.115 e. The largest absolute Gasteiger partial charge is 0.508 e. The molecule has 0 radical (unpaired) electrons. The van der Waals surface area contributed by atoms with Crippen LogP contribution in [0.2, 0.25) is 0 Å². The number of phenols is 1. The standard InChI is InChI=1S/C27H42O2/c1-18(2)7-6-8-20(4)24-13-14-25-23(26(29)15-16-27(24,25)5)12-10-21-17-22(28)11-9-19(21)3/h7,9,11,17,20,23-26,28-29H,6,8,10,12-16H2,1-5H3/t20-,23-,24+,25-,26+,27+/m0/s1. The second-order valence-corrected chi connectivity index (χ2v) is 10.6. The molecular formula is C27H42O2. The Morgan fingerprint density at radius 1 is 1.24 bits per heavy atom. The molecule has 2 saturated carbocycles. The first-order valence-electron chi connectivity index (χ1n) is 11.8. The number of aliphatic hydroxyl groups is 1. The minimum Gasteiger partial charge on any atom is -0.508 e. The fraction of sp³-hybridized carbons (Fsp3) is 0.704. The zero-order valence-corrected chi connectivity index (χ0v) is 19.2. The molecule has 2 heteroatoms. The number of rotatable bonds is 7. The Bertz CT molecular complexity index is 717. The number of aryl methyl sites for hydroxylation is 2. The van der Waals surface area contributed by atoms with Gasteiger partial charge in [-0.2, -0.15) is 0 Å². The normalized spacial score (nSPS) is 32.6. The lowest BCUT2D eigenvalue weighted by Gasteiger charge is -2.49. The van der Waals surface area contributed by atoms with Crippen molar-refractivity contribution in [2.75, 3.05) is 0 Å². The lowest BCUT2D eigenvalue weighted by atomic mass is 9.57. The maximum atomic E-state index is 10.9. The number of aliphatic hydroxyl groups excluding tert-OH is 1. The average molecular weight is 399 g/mol. The van der Waals surface area contributed by atoms with Gasteiger partial charge in [0.15, 0.2) is 0 Å². The van der Waals surface area contributed by atoms with Crippen molar-refractivity contribution in [3.8, 4) is 5.75 Å². The third kappa shape index (κ3) is 4.90. The summed E-state index contributed by atoms with van der Waals surface area (Å²) in [6.07, 6.45) is 11.4. The molecule has 0 unspecified atom stereocenters. The lowest BCUT2D eigenvalue weighted by molar-refractivity contribution is -0.0527. The van der Waals surface area contributed by atoms with E-state index in [1.54, 1.807) is 6.07 Å². The molecule has 2 N–H and O–H groups in total. The summed E-state index contributed by atoms with van der Waals surface area (Å²) in [4.78, 5) is 0. The molecule has 0 aromatic heterocycles. The van der Waals surface area contributed by atoms with Gasteiger partial charge in [-0.1, -0.05) is 31.6 Å². The van der Waals surface area contributed by atoms with Crippen LogP contribution < -0.4 is 0 Å². The molecule has 0 amide bonds. The number of benzene rings is 1. The fourth-order valence-corrected chi connectivity index (χ4v) is 6.72. The molecule has 6 atom stereocenters. The van der Waals surface area contributed by atoms with E-state index in [1.165, 1.54) is 48.8 Å². The number of allylic oxidation sites excluding steroid dienone is 2. The molecule has 0 saturated heterocycles. The van der Waals surface area contributed by atoms with E-state index in [4.69, 9.17) is 0 Å². The third-order valence-electron chi connectivity index (χ3n) is 8.41. The highest BCUT2D eigenvalue weighted by Gasteiger charge is 2.54. The number of aromatic hydroxyl groups is 1. The van der Waals surface area contributed by atoms with Crippen molar-refractivity contribution in [3.63, 3.8) is 0 Å². The second kappa shape index (κ2) is 9.25. The molecule has 3 rings (SSSR count). The molecule has 2 aliphatic carbocycles. The van der Waals surface area contributed by atoms with Gasteiger partial charge < -0.3 is 10.2 Å². The van der Waals surface area contributed by atoms with Gasteiger partial charge in [0.1, 0.15) is 5.75 Å². The maximum Gasteiger partial charge on any atom is 0.115 e. The van der Waals surface area contributed by atoms with E-state index in [0.29, 0.717) is 23.0 Å². The Balaban J connectivity index is 1.69. The van der Waals surface area contributed by atoms with Gasteiger partial charge in [-0.25, -0.2) is 0 Å². The van der Waals surface area contributed by atoms with Crippen molar-refractivity contribution in [3.05, 3.63) is 41.0 Å². The van der Waals surface area contributed by atoms with Gasteiger partial charge >= 0.3 is 0 Å². The summed E-state index contributed by atoms with van der Waals surface area (Å²) >= 11 is 0. The molecule has 0 bridgehead atoms. The van der Waals surface area contributed by atoms with Gasteiger partial charge in [0.25, 0.3) is 0 Å². The van der Waals surface area contributed by atoms with Crippen LogP contribution in [0.1, 0.15) is 83.8 Å². The van der Waals surface area contributed by atoms with Gasteiger partial charge in [0.05, 0.1) is 6.10 Å². The Morgan fingerprint density at radius 2 is 2.00 bits per heavy atom. The Kier molecular flexibility index (Phi) is 7.14. The first kappa shape index (κ1) is 22.4. The molecule has 0 heterocycles. The molecule has 2 aliphatic rings. The zero-order valence-electron chi connectivity index (χ0n) is 19.2. The number of hydrogen-bond donors (Lipinski definition) is 2. The minimum absolute atomic E-state index is 0.162. The van der Waals surface area contributed by atoms with Crippen molar-refractivity contribution in [2.24, 2.45) is 29.1 Å². The van der Waals surface area contributed by atoms with Gasteiger partial charge in [-0.3, -0.25) is 0 Å². The summed E-state index contributed by atoms with van der Waals surface area (Å²) in [6.45, 7) is 11.5. The topological polar surface area (TPSA) is 40.5 Å². The van der Waals surface area contributed by atoms with Crippen LogP contribution in [0.25, 0.3) is 0 Å². The van der Waals surface area contributed by atoms with E-state index in [9.17, 15) is 10.2 Å². The van der Waals surface area contributed by atoms with Gasteiger partial charge in [-0.05, 0) is 124 Å². The van der Waals surface area contributed by atoms with Crippen molar-refractivity contribution in [1.82, 2.24) is 0 Å². The highest BCUT2D eigenvalue weighted by molar-refractivity contribution is 5.34. The van der Waals surface area contributed by atoms with E-state index in [0.717, 1.165) is 31.1 Å². The molecule has 2 fully saturated rings. The Morgan fingerprint density at radius 3 is 2.72 bits per heavy atom. The predicted octanol–water partition coefficient (Wildman–Crippen LogP) is 6.82. The summed E-state index contributed by atoms with van der Waals surface area (Å²) in [5.74, 6) is 2.93. The van der Waals surface area contributed by atoms with Crippen LogP contribution in [-0.2, 0) is 6.42 Å². The number of phenolic OH excluding ortho intramolecular Hbond substituents is 1. The minimum atomic E-state index is -0.162. The van der Waals surface area contributed by atoms with E-state index < -0.39 is 0 Å². The van der Waals surface area contributed by atoms with Crippen LogP contribution in [0.5, 0.6) is 5.75 Å². The van der Waals surface area contributed by atoms with Crippen LogP contribution in [-0.4, -0.2) is 16.3 Å². The number of hydrogen-bond acceptors (Lipinski definition) is 2. The molecule has 0 aliphatic heterocycles. The van der Waals surface area contributed by atoms with Crippen LogP contribution in [0.15, 0.2) is 29.8 Å². The SMILES string of the molecule is CC(C)=CCC[C@H](C)[C@H]1CC[C@H]2[C@H](CCc3cc(O)ccc3C)[C@H](O)CC[C@]12C. The average Bonchev–Trinajstić information content (AvgIpc) is 3.01. The second-order valence-electron chi connectivity index (χ2n) is 10.6. The van der Waals surface area contributed by atoms with Gasteiger partial charge in [0.2, 0.25) is 0 Å². The lowest BCUT2D eigenvalue weighted by Crippen LogP contribution is -2.45. The first-order valence-corrected chi connectivity index (χ1v) is 11.8. The van der Waals surface area contributed by atoms with Crippen molar-refractivity contribution in [1.29, 1.82) is 0 Å². The number of fused-ring (bicyclic) bond motifs is 1. The van der Waals surface area contributed by atoms with Crippen LogP contribution in [0.3, 0.4) is 0 Å². The van der Waals surface area contributed by atoms with Crippen molar-refractivity contribution in [2.45, 2.75) is 92.1 Å². The van der Waals surface area contributed by atoms with Gasteiger partial charge in [0, 0.05) is 0 Å². The summed E-state index contributed by atoms with van der Waals surface area (Å²) < 4.78 is 0. The zero-order chi connectivity index (χ0) is 21.2. The molecule has 0 spiro atoms. The highest BCUT2D eigenvalue weighted by Crippen LogP contribution is 2.60. The molecule has 29 heavy (non-hydrogen) atoms. The summed E-state index contributed by atoms with van der Waals surface area (Å²) in [5.41, 5.74) is 4.28.